The molecule has 0 saturated carbocycles. The minimum Gasteiger partial charge on any atom is -0.628 e. The molecule has 2 aromatic carbocycles. The normalized spacial score (nSPS) is 13.3. The van der Waals surface area contributed by atoms with Crippen LogP contribution in [0.2, 0.25) is 0 Å². The Balaban J connectivity index is 2.19. The van der Waals surface area contributed by atoms with E-state index in [0.717, 1.165) is 16.7 Å². The third-order valence-electron chi connectivity index (χ3n) is 4.05. The zero-order valence-corrected chi connectivity index (χ0v) is 17.9. The smallest absolute Gasteiger partial charge is 0.319 e. The third kappa shape index (κ3) is 6.32. The fourth-order valence-electron chi connectivity index (χ4n) is 2.82. The second-order valence-electron chi connectivity index (χ2n) is 6.03. The standard InChI is InChI=1S/C21H27O4PS/c1-4-9-19(20(22)24-5-2)21(25-6-3)26(23)15-27-18-13-12-16-10-7-8-11-17(16)14-18/h7-8,10-14,19H,4-6,9,15H2,1-3H3. The largest absolute Gasteiger partial charge is 0.628 e. The van der Waals surface area contributed by atoms with Gasteiger partial charge in [-0.2, -0.15) is 0 Å². The van der Waals surface area contributed by atoms with E-state index in [9.17, 15) is 9.69 Å². The Hall–Kier alpha value is -1.39. The topological polar surface area (TPSA) is 58.6 Å². The molecular weight excluding hydrogens is 379 g/mol. The molecule has 0 N–H and O–H groups in total. The summed E-state index contributed by atoms with van der Waals surface area (Å²) >= 11 is 1.52. The van der Waals surface area contributed by atoms with Crippen molar-refractivity contribution in [2.75, 3.05) is 18.7 Å². The van der Waals surface area contributed by atoms with Crippen LogP contribution in [0.5, 0.6) is 0 Å². The van der Waals surface area contributed by atoms with E-state index < -0.39 is 13.7 Å². The molecule has 2 rings (SSSR count). The average Bonchev–Trinajstić information content (AvgIpc) is 2.68. The Morgan fingerprint density at radius 3 is 2.44 bits per heavy atom. The summed E-state index contributed by atoms with van der Waals surface area (Å²) in [6, 6.07) is 14.3. The van der Waals surface area contributed by atoms with E-state index in [4.69, 9.17) is 9.47 Å². The van der Waals surface area contributed by atoms with E-state index in [0.29, 0.717) is 30.6 Å². The van der Waals surface area contributed by atoms with Gasteiger partial charge in [0.05, 0.1) is 21.0 Å². The lowest BCUT2D eigenvalue weighted by atomic mass is 10.1. The predicted octanol–water partition coefficient (Wildman–Crippen LogP) is 4.79. The molecule has 2 aromatic rings. The molecule has 146 valence electrons. The molecule has 4 nitrogen and oxygen atoms in total. The summed E-state index contributed by atoms with van der Waals surface area (Å²) in [6.45, 7) is 6.30. The van der Waals surface area contributed by atoms with Gasteiger partial charge >= 0.3 is 5.97 Å². The number of hydrogen-bond donors (Lipinski definition) is 0. The first-order valence-electron chi connectivity index (χ1n) is 9.33. The third-order valence-corrected chi connectivity index (χ3v) is 7.03. The minimum atomic E-state index is -1.80. The van der Waals surface area contributed by atoms with Crippen LogP contribution in [0, 0.1) is 5.92 Å². The summed E-state index contributed by atoms with van der Waals surface area (Å²) in [4.78, 5) is 26.3. The zero-order valence-electron chi connectivity index (χ0n) is 16.1. The van der Waals surface area contributed by atoms with Crippen molar-refractivity contribution in [3.8, 4) is 0 Å². The van der Waals surface area contributed by atoms with Crippen LogP contribution in [0.15, 0.2) is 47.4 Å². The summed E-state index contributed by atoms with van der Waals surface area (Å²) in [5.74, 6) is -0.905. The summed E-state index contributed by atoms with van der Waals surface area (Å²) in [7, 11) is -1.80. The van der Waals surface area contributed by atoms with E-state index in [-0.39, 0.29) is 5.97 Å². The number of carbonyl (C=O) groups is 1. The van der Waals surface area contributed by atoms with Gasteiger partial charge in [-0.25, -0.2) is 0 Å². The van der Waals surface area contributed by atoms with Gasteiger partial charge in [-0.3, -0.25) is 4.79 Å². The van der Waals surface area contributed by atoms with Crippen LogP contribution >= 0.6 is 19.5 Å². The second kappa shape index (κ2) is 11.5. The van der Waals surface area contributed by atoms with Crippen LogP contribution in [0.3, 0.4) is 0 Å². The van der Waals surface area contributed by atoms with Gasteiger partial charge in [-0.1, -0.05) is 55.4 Å². The molecule has 0 heterocycles. The molecule has 27 heavy (non-hydrogen) atoms. The quantitative estimate of drug-likeness (QED) is 0.322. The van der Waals surface area contributed by atoms with Crippen LogP contribution in [-0.2, 0) is 14.3 Å². The Morgan fingerprint density at radius 2 is 1.78 bits per heavy atom. The van der Waals surface area contributed by atoms with Gasteiger partial charge in [0.15, 0.2) is 5.49 Å². The lowest BCUT2D eigenvalue weighted by molar-refractivity contribution is -0.154. The van der Waals surface area contributed by atoms with E-state index in [1.807, 2.05) is 32.0 Å². The number of hydrogen-bond acceptors (Lipinski definition) is 5. The molecule has 0 fully saturated rings. The van der Waals surface area contributed by atoms with Crippen LogP contribution in [0.4, 0.5) is 0 Å². The lowest BCUT2D eigenvalue weighted by Crippen LogP contribution is -2.29. The van der Waals surface area contributed by atoms with Gasteiger partial charge in [0.25, 0.3) is 0 Å². The van der Waals surface area contributed by atoms with Crippen LogP contribution in [0.25, 0.3) is 10.8 Å². The molecule has 0 radical (unpaired) electrons. The number of fused-ring (bicyclic) bond motifs is 1. The van der Waals surface area contributed by atoms with E-state index in [1.54, 1.807) is 6.92 Å². The molecule has 0 aliphatic carbocycles. The first kappa shape index (κ1) is 21.9. The maximum absolute atomic E-state index is 13.0. The SMILES string of the molecule is CCCC(C(=O)OCC)C(OCC)=[P+]([O-])CSc1ccc2ccccc2c1. The van der Waals surface area contributed by atoms with Crippen molar-refractivity contribution < 1.29 is 19.2 Å². The molecule has 6 heteroatoms. The molecule has 0 saturated heterocycles. The van der Waals surface area contributed by atoms with Crippen LogP contribution in [-0.4, -0.2) is 30.2 Å². The summed E-state index contributed by atoms with van der Waals surface area (Å²) < 4.78 is 10.8. The monoisotopic (exact) mass is 406 g/mol. The highest BCUT2D eigenvalue weighted by atomic mass is 32.2. The maximum Gasteiger partial charge on any atom is 0.319 e. The van der Waals surface area contributed by atoms with E-state index >= 15 is 0 Å². The van der Waals surface area contributed by atoms with Crippen molar-refractivity contribution in [2.45, 2.75) is 38.5 Å². The Kier molecular flexibility index (Phi) is 9.29. The summed E-state index contributed by atoms with van der Waals surface area (Å²) in [5, 5.41) is 2.33. The van der Waals surface area contributed by atoms with Crippen molar-refractivity contribution in [2.24, 2.45) is 5.92 Å². The van der Waals surface area contributed by atoms with Gasteiger partial charge in [-0.15, -0.1) is 0 Å². The first-order valence-corrected chi connectivity index (χ1v) is 11.8. The molecule has 0 aliphatic heterocycles. The first-order chi connectivity index (χ1) is 13.1. The highest BCUT2D eigenvalue weighted by Gasteiger charge is 2.31. The van der Waals surface area contributed by atoms with Crippen molar-refractivity contribution in [3.05, 3.63) is 42.5 Å². The molecule has 0 aliphatic rings. The number of rotatable bonds is 10. The molecule has 0 bridgehead atoms. The Labute approximate surface area is 166 Å². The van der Waals surface area contributed by atoms with E-state index in [1.165, 1.54) is 17.1 Å². The average molecular weight is 406 g/mol. The Bertz CT molecular complexity index is 791. The summed E-state index contributed by atoms with van der Waals surface area (Å²) in [5.41, 5.74) is 0.754. The molecule has 2 atom stereocenters. The van der Waals surface area contributed by atoms with Gasteiger partial charge in [0.2, 0.25) is 5.48 Å². The van der Waals surface area contributed by atoms with Crippen molar-refractivity contribution in [1.29, 1.82) is 0 Å². The maximum atomic E-state index is 13.0. The minimum absolute atomic E-state index is 0.307. The van der Waals surface area contributed by atoms with Gasteiger partial charge in [-0.05, 0) is 43.2 Å². The fourth-order valence-corrected chi connectivity index (χ4v) is 5.63. The summed E-state index contributed by atoms with van der Waals surface area (Å²) in [6.07, 6.45) is 1.37. The fraction of sp³-hybridized carbons (Fsp3) is 0.429. The lowest BCUT2D eigenvalue weighted by Gasteiger charge is -2.16. The zero-order chi connectivity index (χ0) is 19.6. The number of ether oxygens (including phenoxy) is 2. The van der Waals surface area contributed by atoms with Gasteiger partial charge in [0.1, 0.15) is 5.92 Å². The Morgan fingerprint density at radius 1 is 1.07 bits per heavy atom. The predicted molar refractivity (Wildman–Crippen MR) is 113 cm³/mol. The number of esters is 1. The van der Waals surface area contributed by atoms with Crippen molar-refractivity contribution in [1.82, 2.24) is 0 Å². The van der Waals surface area contributed by atoms with E-state index in [2.05, 4.69) is 24.3 Å². The molecular formula is C21H27O4PS. The number of benzene rings is 2. The molecule has 2 unspecified atom stereocenters. The highest BCUT2D eigenvalue weighted by molar-refractivity contribution is 8.04. The number of carbonyl (C=O) groups excluding carboxylic acids is 1. The van der Waals surface area contributed by atoms with Crippen molar-refractivity contribution >= 4 is 41.8 Å². The van der Waals surface area contributed by atoms with Crippen molar-refractivity contribution in [3.63, 3.8) is 0 Å². The second-order valence-corrected chi connectivity index (χ2v) is 9.02. The molecule has 0 aromatic heterocycles. The molecule has 0 amide bonds. The number of thioether (sulfide) groups is 1. The van der Waals surface area contributed by atoms with Gasteiger partial charge < -0.3 is 14.4 Å². The highest BCUT2D eigenvalue weighted by Crippen LogP contribution is 2.33. The molecule has 0 spiro atoms. The van der Waals surface area contributed by atoms with Crippen LogP contribution < -0.4 is 4.89 Å². The van der Waals surface area contributed by atoms with Gasteiger partial charge in [0, 0.05) is 4.90 Å². The van der Waals surface area contributed by atoms with Crippen LogP contribution in [0.1, 0.15) is 33.6 Å².